The van der Waals surface area contributed by atoms with Crippen LogP contribution in [0.5, 0.6) is 0 Å². The van der Waals surface area contributed by atoms with Gasteiger partial charge in [0.25, 0.3) is 0 Å². The van der Waals surface area contributed by atoms with Gasteiger partial charge in [0, 0.05) is 25.8 Å². The van der Waals surface area contributed by atoms with Crippen LogP contribution in [0.1, 0.15) is 5.69 Å². The minimum absolute atomic E-state index is 0.0315. The van der Waals surface area contributed by atoms with Gasteiger partial charge in [0.15, 0.2) is 10.7 Å². The molecule has 0 bridgehead atoms. The van der Waals surface area contributed by atoms with Crippen LogP contribution in [0, 0.1) is 5.82 Å². The van der Waals surface area contributed by atoms with Crippen LogP contribution in [-0.4, -0.2) is 72.5 Å². The van der Waals surface area contributed by atoms with E-state index in [-0.39, 0.29) is 29.1 Å². The number of rotatable bonds is 12. The van der Waals surface area contributed by atoms with Crippen molar-refractivity contribution in [3.8, 4) is 0 Å². The first kappa shape index (κ1) is 26.9. The monoisotopic (exact) mass is 566 g/mol. The quantitative estimate of drug-likeness (QED) is 0.0564. The lowest BCUT2D eigenvalue weighted by molar-refractivity contribution is -0.139. The van der Waals surface area contributed by atoms with Crippen molar-refractivity contribution in [2.24, 2.45) is 5.16 Å². The SMILES string of the molecule is COC(=O)CNP(CCSc1nonc1/C(=N/O)Nc1ccc(F)c(Br)c1)NCC(=O)OC. The molecule has 0 aliphatic rings. The van der Waals surface area contributed by atoms with E-state index in [0.29, 0.717) is 22.6 Å². The van der Waals surface area contributed by atoms with Crippen LogP contribution < -0.4 is 15.5 Å². The van der Waals surface area contributed by atoms with Crippen molar-refractivity contribution in [2.75, 3.05) is 44.5 Å². The molecule has 0 fully saturated rings. The second-order valence-electron chi connectivity index (χ2n) is 5.94. The molecule has 2 rings (SSSR count). The van der Waals surface area contributed by atoms with E-state index in [9.17, 15) is 19.2 Å². The molecule has 16 heteroatoms. The van der Waals surface area contributed by atoms with Crippen LogP contribution in [0.25, 0.3) is 0 Å². The Morgan fingerprint density at radius 3 is 2.48 bits per heavy atom. The van der Waals surface area contributed by atoms with Crippen LogP contribution in [-0.2, 0) is 19.1 Å². The molecule has 0 atom stereocenters. The summed E-state index contributed by atoms with van der Waals surface area (Å²) in [7, 11) is 1.43. The molecule has 12 nitrogen and oxygen atoms in total. The largest absolute Gasteiger partial charge is 0.468 e. The molecule has 0 saturated heterocycles. The number of anilines is 1. The van der Waals surface area contributed by atoms with Gasteiger partial charge < -0.3 is 20.0 Å². The van der Waals surface area contributed by atoms with Gasteiger partial charge in [0.05, 0.1) is 31.8 Å². The third-order valence-electron chi connectivity index (χ3n) is 3.80. The molecule has 180 valence electrons. The van der Waals surface area contributed by atoms with E-state index in [4.69, 9.17) is 4.63 Å². The Balaban J connectivity index is 1.99. The second-order valence-corrected chi connectivity index (χ2v) is 9.82. The minimum Gasteiger partial charge on any atom is -0.468 e. The van der Waals surface area contributed by atoms with E-state index in [1.807, 2.05) is 0 Å². The number of amidine groups is 1. The lowest BCUT2D eigenvalue weighted by Crippen LogP contribution is -2.30. The molecule has 0 amide bonds. The molecule has 0 aliphatic carbocycles. The van der Waals surface area contributed by atoms with Gasteiger partial charge in [-0.1, -0.05) is 5.16 Å². The Morgan fingerprint density at radius 2 is 1.91 bits per heavy atom. The molecular weight excluding hydrogens is 546 g/mol. The molecule has 1 aromatic heterocycles. The zero-order valence-electron chi connectivity index (χ0n) is 17.5. The van der Waals surface area contributed by atoms with Crippen molar-refractivity contribution < 1.29 is 33.3 Å². The summed E-state index contributed by atoms with van der Waals surface area (Å²) in [4.78, 5) is 22.8. The summed E-state index contributed by atoms with van der Waals surface area (Å²) in [6.07, 6.45) is 0.518. The van der Waals surface area contributed by atoms with Crippen molar-refractivity contribution in [1.82, 2.24) is 20.5 Å². The molecule has 0 unspecified atom stereocenters. The van der Waals surface area contributed by atoms with Crippen LogP contribution >= 0.6 is 35.9 Å². The number of esters is 2. The van der Waals surface area contributed by atoms with Gasteiger partial charge in [0.1, 0.15) is 5.82 Å². The van der Waals surface area contributed by atoms with Crippen LogP contribution in [0.15, 0.2) is 37.5 Å². The third kappa shape index (κ3) is 8.85. The molecule has 2 aromatic rings. The van der Waals surface area contributed by atoms with E-state index >= 15 is 0 Å². The maximum atomic E-state index is 13.4. The number of hydrogen-bond acceptors (Lipinski definition) is 12. The van der Waals surface area contributed by atoms with E-state index in [1.54, 1.807) is 0 Å². The number of nitrogens with one attached hydrogen (secondary N) is 3. The summed E-state index contributed by atoms with van der Waals surface area (Å²) in [5.41, 5.74) is 0.592. The number of benzene rings is 1. The highest BCUT2D eigenvalue weighted by atomic mass is 79.9. The van der Waals surface area contributed by atoms with Gasteiger partial charge >= 0.3 is 11.9 Å². The maximum absolute atomic E-state index is 13.4. The van der Waals surface area contributed by atoms with Crippen LogP contribution in [0.2, 0.25) is 0 Å². The standard InChI is InChI=1S/C17H21BrFN6O6PS/c1-29-13(26)8-20-32(21-9-14(27)30-2)5-6-33-17-15(24-31-25-17)16(23-28)22-10-3-4-12(19)11(18)7-10/h3-4,7,20-21,28H,5-6,8-9H2,1-2H3,(H,22,23). The van der Waals surface area contributed by atoms with Crippen molar-refractivity contribution in [2.45, 2.75) is 5.03 Å². The first-order valence-electron chi connectivity index (χ1n) is 9.16. The van der Waals surface area contributed by atoms with Crippen molar-refractivity contribution in [1.29, 1.82) is 0 Å². The second kappa shape index (κ2) is 14.1. The smallest absolute Gasteiger partial charge is 0.319 e. The summed E-state index contributed by atoms with van der Waals surface area (Å²) in [5.74, 6) is -0.899. The molecule has 1 aromatic carbocycles. The number of ether oxygens (including phenoxy) is 2. The number of oxime groups is 1. The Labute approximate surface area is 202 Å². The minimum atomic E-state index is -1.13. The summed E-state index contributed by atoms with van der Waals surface area (Å²) < 4.78 is 27.7. The fourth-order valence-corrected chi connectivity index (χ4v) is 5.27. The van der Waals surface area contributed by atoms with Gasteiger partial charge in [-0.05, 0) is 44.4 Å². The van der Waals surface area contributed by atoms with E-state index in [0.717, 1.165) is 0 Å². The fraction of sp³-hybridized carbons (Fsp3) is 0.353. The number of carbonyl (C=O) groups is 2. The van der Waals surface area contributed by atoms with Gasteiger partial charge in [-0.15, -0.1) is 11.8 Å². The molecule has 0 spiro atoms. The summed E-state index contributed by atoms with van der Waals surface area (Å²) in [5, 5.41) is 29.4. The van der Waals surface area contributed by atoms with Crippen LogP contribution in [0.3, 0.4) is 0 Å². The van der Waals surface area contributed by atoms with Gasteiger partial charge in [-0.3, -0.25) is 19.8 Å². The molecular formula is C17H21BrFN6O6PS. The summed E-state index contributed by atoms with van der Waals surface area (Å²) in [6, 6.07) is 4.16. The molecule has 0 saturated carbocycles. The fourth-order valence-electron chi connectivity index (χ4n) is 2.17. The zero-order chi connectivity index (χ0) is 24.2. The van der Waals surface area contributed by atoms with Gasteiger partial charge in [-0.25, -0.2) is 9.02 Å². The highest BCUT2D eigenvalue weighted by molar-refractivity contribution is 9.10. The Morgan fingerprint density at radius 1 is 1.24 bits per heavy atom. The molecule has 33 heavy (non-hydrogen) atoms. The lowest BCUT2D eigenvalue weighted by atomic mass is 10.3. The van der Waals surface area contributed by atoms with Crippen molar-refractivity contribution in [3.05, 3.63) is 34.2 Å². The predicted molar refractivity (Wildman–Crippen MR) is 123 cm³/mol. The number of thioether (sulfide) groups is 1. The highest BCUT2D eigenvalue weighted by Gasteiger charge is 2.20. The van der Waals surface area contributed by atoms with E-state index in [1.165, 1.54) is 44.2 Å². The average molecular weight is 567 g/mol. The van der Waals surface area contributed by atoms with Gasteiger partial charge in [-0.2, -0.15) is 0 Å². The molecule has 1 heterocycles. The topological polar surface area (TPSA) is 160 Å². The maximum Gasteiger partial charge on any atom is 0.319 e. The van der Waals surface area contributed by atoms with Gasteiger partial charge in [0.2, 0.25) is 5.84 Å². The highest BCUT2D eigenvalue weighted by Crippen LogP contribution is 2.29. The zero-order valence-corrected chi connectivity index (χ0v) is 20.8. The number of hydrogen-bond donors (Lipinski definition) is 4. The van der Waals surface area contributed by atoms with Crippen molar-refractivity contribution in [3.63, 3.8) is 0 Å². The number of halogens is 2. The normalized spacial score (nSPS) is 11.5. The number of aromatic nitrogens is 2. The Hall–Kier alpha value is -2.32. The third-order valence-corrected chi connectivity index (χ3v) is 7.41. The number of nitrogens with zero attached hydrogens (tertiary/aromatic N) is 3. The van der Waals surface area contributed by atoms with Crippen LogP contribution in [0.4, 0.5) is 10.1 Å². The molecule has 0 radical (unpaired) electrons. The number of methoxy groups -OCH3 is 2. The van der Waals surface area contributed by atoms with E-state index in [2.05, 4.69) is 56.4 Å². The Kier molecular flexibility index (Phi) is 11.5. The predicted octanol–water partition coefficient (Wildman–Crippen LogP) is 2.15. The first-order valence-corrected chi connectivity index (χ1v) is 12.5. The summed E-state index contributed by atoms with van der Waals surface area (Å²) in [6.45, 7) is -0.0629. The molecule has 4 N–H and O–H groups in total. The average Bonchev–Trinajstić information content (AvgIpc) is 3.28. The number of carbonyl (C=O) groups excluding carboxylic acids is 2. The van der Waals surface area contributed by atoms with E-state index < -0.39 is 26.0 Å². The first-order chi connectivity index (χ1) is 15.9. The van der Waals surface area contributed by atoms with Crippen molar-refractivity contribution >= 4 is 59.4 Å². The molecule has 0 aliphatic heterocycles. The summed E-state index contributed by atoms with van der Waals surface area (Å²) >= 11 is 4.34. The Bertz CT molecular complexity index is 963. The lowest BCUT2D eigenvalue weighted by Gasteiger charge is -2.18.